The normalized spacial score (nSPS) is 17.2. The quantitative estimate of drug-likeness (QED) is 0.529. The smallest absolute Gasteiger partial charge is 0.131 e. The number of anilines is 2. The van der Waals surface area contributed by atoms with Gasteiger partial charge in [-0.1, -0.05) is 6.07 Å². The number of nitrogens with two attached hydrogens (primary N) is 2. The zero-order valence-electron chi connectivity index (χ0n) is 14.2. The summed E-state index contributed by atoms with van der Waals surface area (Å²) < 4.78 is 17.1. The first-order chi connectivity index (χ1) is 12.2. The van der Waals surface area contributed by atoms with E-state index in [4.69, 9.17) is 25.7 Å². The van der Waals surface area contributed by atoms with Gasteiger partial charge in [0, 0.05) is 24.7 Å². The van der Waals surface area contributed by atoms with Crippen LogP contribution in [0.5, 0.6) is 17.2 Å². The summed E-state index contributed by atoms with van der Waals surface area (Å²) in [5.41, 5.74) is 12.6. The summed E-state index contributed by atoms with van der Waals surface area (Å²) in [4.78, 5) is 0. The van der Waals surface area contributed by atoms with Crippen LogP contribution in [0.4, 0.5) is 11.4 Å². The Morgan fingerprint density at radius 2 is 1.88 bits per heavy atom. The Hall–Kier alpha value is -2.44. The van der Waals surface area contributed by atoms with Crippen molar-refractivity contribution in [2.24, 2.45) is 0 Å². The van der Waals surface area contributed by atoms with E-state index in [9.17, 15) is 0 Å². The lowest BCUT2D eigenvalue weighted by Crippen LogP contribution is -2.41. The van der Waals surface area contributed by atoms with E-state index >= 15 is 0 Å². The molecule has 1 aliphatic heterocycles. The molecule has 1 saturated heterocycles. The monoisotopic (exact) mass is 343 g/mol. The van der Waals surface area contributed by atoms with Crippen LogP contribution in [0.25, 0.3) is 0 Å². The Balaban J connectivity index is 1.48. The Morgan fingerprint density at radius 3 is 2.68 bits per heavy atom. The molecule has 0 amide bonds. The topological polar surface area (TPSA) is 91.8 Å². The van der Waals surface area contributed by atoms with Crippen molar-refractivity contribution < 1.29 is 14.2 Å². The number of benzene rings is 2. The molecular weight excluding hydrogens is 318 g/mol. The van der Waals surface area contributed by atoms with Gasteiger partial charge in [0.15, 0.2) is 0 Å². The van der Waals surface area contributed by atoms with Crippen LogP contribution in [-0.4, -0.2) is 32.4 Å². The van der Waals surface area contributed by atoms with Crippen molar-refractivity contribution in [3.05, 3.63) is 42.5 Å². The Kier molecular flexibility index (Phi) is 5.98. The van der Waals surface area contributed by atoms with Gasteiger partial charge < -0.3 is 31.0 Å². The molecule has 0 aromatic heterocycles. The van der Waals surface area contributed by atoms with Gasteiger partial charge in [-0.3, -0.25) is 0 Å². The number of hydrogen-bond acceptors (Lipinski definition) is 6. The van der Waals surface area contributed by atoms with Gasteiger partial charge in [0.25, 0.3) is 0 Å². The molecule has 6 nitrogen and oxygen atoms in total. The third-order valence-electron chi connectivity index (χ3n) is 4.06. The molecule has 1 unspecified atom stereocenters. The minimum Gasteiger partial charge on any atom is -0.493 e. The molecule has 0 saturated carbocycles. The third-order valence-corrected chi connectivity index (χ3v) is 4.06. The summed E-state index contributed by atoms with van der Waals surface area (Å²) in [7, 11) is 0. The molecule has 0 aliphatic carbocycles. The van der Waals surface area contributed by atoms with E-state index in [2.05, 4.69) is 5.32 Å². The molecule has 1 heterocycles. The van der Waals surface area contributed by atoms with Crippen LogP contribution in [0, 0.1) is 0 Å². The lowest BCUT2D eigenvalue weighted by atomic mass is 10.1. The summed E-state index contributed by atoms with van der Waals surface area (Å²) >= 11 is 0. The number of hydrogen-bond donors (Lipinski definition) is 3. The standard InChI is InChI=1S/C19H25N3O3/c20-18-7-6-17(12-19(18)21)25-16-5-1-4-15(11-16)24-9-2-3-14-13-23-10-8-22-14/h1,4-7,11-12,14,22H,2-3,8-10,13,20-21H2. The SMILES string of the molecule is Nc1ccc(Oc2cccc(OCCCC3COCCN3)c2)cc1N. The van der Waals surface area contributed by atoms with Crippen LogP contribution in [-0.2, 0) is 4.74 Å². The fraction of sp³-hybridized carbons (Fsp3) is 0.368. The van der Waals surface area contributed by atoms with Crippen molar-refractivity contribution in [2.45, 2.75) is 18.9 Å². The second-order valence-corrected chi connectivity index (χ2v) is 6.08. The van der Waals surface area contributed by atoms with Crippen LogP contribution in [0.1, 0.15) is 12.8 Å². The van der Waals surface area contributed by atoms with Crippen molar-refractivity contribution in [3.63, 3.8) is 0 Å². The molecule has 134 valence electrons. The molecule has 1 atom stereocenters. The van der Waals surface area contributed by atoms with Gasteiger partial charge in [-0.05, 0) is 37.1 Å². The lowest BCUT2D eigenvalue weighted by Gasteiger charge is -2.23. The third kappa shape index (κ3) is 5.27. The number of nitrogens with one attached hydrogen (secondary N) is 1. The zero-order valence-corrected chi connectivity index (χ0v) is 14.2. The van der Waals surface area contributed by atoms with Crippen LogP contribution in [0.2, 0.25) is 0 Å². The predicted octanol–water partition coefficient (Wildman–Crippen LogP) is 2.79. The van der Waals surface area contributed by atoms with Crippen molar-refractivity contribution in [1.82, 2.24) is 5.32 Å². The minimum atomic E-state index is 0.433. The molecule has 2 aromatic rings. The highest BCUT2D eigenvalue weighted by atomic mass is 16.5. The fourth-order valence-electron chi connectivity index (χ4n) is 2.70. The van der Waals surface area contributed by atoms with Crippen molar-refractivity contribution in [3.8, 4) is 17.2 Å². The van der Waals surface area contributed by atoms with E-state index in [1.54, 1.807) is 18.2 Å². The Bertz CT molecular complexity index is 687. The summed E-state index contributed by atoms with van der Waals surface area (Å²) in [5, 5.41) is 3.44. The lowest BCUT2D eigenvalue weighted by molar-refractivity contribution is 0.0722. The van der Waals surface area contributed by atoms with E-state index in [0.717, 1.165) is 38.3 Å². The summed E-state index contributed by atoms with van der Waals surface area (Å²) in [6.07, 6.45) is 2.02. The molecule has 0 spiro atoms. The first-order valence-corrected chi connectivity index (χ1v) is 8.57. The average Bonchev–Trinajstić information content (AvgIpc) is 2.63. The van der Waals surface area contributed by atoms with Gasteiger partial charge in [0.05, 0.1) is 31.2 Å². The zero-order chi connectivity index (χ0) is 17.5. The summed E-state index contributed by atoms with van der Waals surface area (Å²) in [5.74, 6) is 2.13. The van der Waals surface area contributed by atoms with E-state index in [1.165, 1.54) is 0 Å². The average molecular weight is 343 g/mol. The molecule has 3 rings (SSSR count). The van der Waals surface area contributed by atoms with Crippen molar-refractivity contribution in [2.75, 3.05) is 37.8 Å². The van der Waals surface area contributed by atoms with Gasteiger partial charge >= 0.3 is 0 Å². The largest absolute Gasteiger partial charge is 0.493 e. The molecule has 1 fully saturated rings. The Labute approximate surface area is 148 Å². The second kappa shape index (κ2) is 8.60. The molecular formula is C19H25N3O3. The fourth-order valence-corrected chi connectivity index (χ4v) is 2.70. The molecule has 2 aromatic carbocycles. The minimum absolute atomic E-state index is 0.433. The second-order valence-electron chi connectivity index (χ2n) is 6.08. The van der Waals surface area contributed by atoms with E-state index in [-0.39, 0.29) is 0 Å². The van der Waals surface area contributed by atoms with Crippen LogP contribution in [0.15, 0.2) is 42.5 Å². The molecule has 5 N–H and O–H groups in total. The van der Waals surface area contributed by atoms with Gasteiger partial charge in [0.2, 0.25) is 0 Å². The van der Waals surface area contributed by atoms with Crippen LogP contribution < -0.4 is 26.3 Å². The Morgan fingerprint density at radius 1 is 1.04 bits per heavy atom. The number of ether oxygens (including phenoxy) is 3. The molecule has 0 bridgehead atoms. The number of nitrogen functional groups attached to an aromatic ring is 2. The van der Waals surface area contributed by atoms with Gasteiger partial charge in [-0.15, -0.1) is 0 Å². The maximum Gasteiger partial charge on any atom is 0.131 e. The maximum absolute atomic E-state index is 5.82. The molecule has 0 radical (unpaired) electrons. The molecule has 1 aliphatic rings. The van der Waals surface area contributed by atoms with Crippen LogP contribution in [0.3, 0.4) is 0 Å². The van der Waals surface area contributed by atoms with Crippen LogP contribution >= 0.6 is 0 Å². The van der Waals surface area contributed by atoms with Gasteiger partial charge in [0.1, 0.15) is 17.2 Å². The summed E-state index contributed by atoms with van der Waals surface area (Å²) in [6, 6.07) is 13.2. The first-order valence-electron chi connectivity index (χ1n) is 8.57. The number of rotatable bonds is 7. The van der Waals surface area contributed by atoms with E-state index in [0.29, 0.717) is 35.5 Å². The highest BCUT2D eigenvalue weighted by Gasteiger charge is 2.12. The van der Waals surface area contributed by atoms with Gasteiger partial charge in [-0.25, -0.2) is 0 Å². The predicted molar refractivity (Wildman–Crippen MR) is 99.1 cm³/mol. The molecule has 25 heavy (non-hydrogen) atoms. The highest BCUT2D eigenvalue weighted by molar-refractivity contribution is 5.65. The van der Waals surface area contributed by atoms with E-state index < -0.39 is 0 Å². The summed E-state index contributed by atoms with van der Waals surface area (Å²) in [6.45, 7) is 3.19. The highest BCUT2D eigenvalue weighted by Crippen LogP contribution is 2.28. The molecule has 6 heteroatoms. The van der Waals surface area contributed by atoms with Crippen molar-refractivity contribution in [1.29, 1.82) is 0 Å². The number of morpholine rings is 1. The first kappa shape index (κ1) is 17.4. The maximum atomic E-state index is 5.82. The van der Waals surface area contributed by atoms with Crippen molar-refractivity contribution >= 4 is 11.4 Å². The van der Waals surface area contributed by atoms with Gasteiger partial charge in [-0.2, -0.15) is 0 Å². The van der Waals surface area contributed by atoms with E-state index in [1.807, 2.05) is 24.3 Å².